The zero-order valence-electron chi connectivity index (χ0n) is 22.6. The zero-order chi connectivity index (χ0) is 28.9. The molecule has 3 aromatic carbocycles. The van der Waals surface area contributed by atoms with E-state index < -0.39 is 28.5 Å². The smallest absolute Gasteiger partial charge is 0.264 e. The van der Waals surface area contributed by atoms with Crippen molar-refractivity contribution in [1.29, 1.82) is 0 Å². The summed E-state index contributed by atoms with van der Waals surface area (Å²) in [5.41, 5.74) is 2.50. The number of hydrogen-bond acceptors (Lipinski definition) is 4. The van der Waals surface area contributed by atoms with E-state index in [4.69, 9.17) is 11.6 Å². The van der Waals surface area contributed by atoms with Gasteiger partial charge in [0.25, 0.3) is 10.0 Å². The maximum absolute atomic E-state index is 14.0. The van der Waals surface area contributed by atoms with Crippen molar-refractivity contribution in [1.82, 2.24) is 10.2 Å². The van der Waals surface area contributed by atoms with E-state index in [1.54, 1.807) is 44.2 Å². The molecule has 0 aromatic heterocycles. The third-order valence-electron chi connectivity index (χ3n) is 6.24. The molecule has 0 aliphatic heterocycles. The summed E-state index contributed by atoms with van der Waals surface area (Å²) in [5, 5.41) is 3.22. The fourth-order valence-corrected chi connectivity index (χ4v) is 6.12. The Balaban J connectivity index is 2.08. The van der Waals surface area contributed by atoms with Gasteiger partial charge < -0.3 is 10.2 Å². The lowest BCUT2D eigenvalue weighted by molar-refractivity contribution is -0.139. The number of halogens is 2. The van der Waals surface area contributed by atoms with Gasteiger partial charge in [0.15, 0.2) is 0 Å². The van der Waals surface area contributed by atoms with Gasteiger partial charge in [-0.3, -0.25) is 13.9 Å². The average Bonchev–Trinajstić information content (AvgIpc) is 2.87. The standard InChI is InChI=1S/C29H33BrClN3O4S/c1-19(2)32-29(36)22(5)33(17-23-8-6-9-24(30)16-23)28(35)18-34(27-11-7-10-26(31)21(27)4)39(37,38)25-14-12-20(3)13-15-25/h6-16,19,22H,17-18H2,1-5H3,(H,32,36)/t22-/m0/s1. The molecule has 10 heteroatoms. The van der Waals surface area contributed by atoms with Crippen LogP contribution in [0.2, 0.25) is 5.02 Å². The van der Waals surface area contributed by atoms with Crippen LogP contribution in [0, 0.1) is 13.8 Å². The van der Waals surface area contributed by atoms with Gasteiger partial charge in [-0.05, 0) is 82.1 Å². The van der Waals surface area contributed by atoms with Crippen LogP contribution in [0.4, 0.5) is 5.69 Å². The van der Waals surface area contributed by atoms with E-state index >= 15 is 0 Å². The van der Waals surface area contributed by atoms with Crippen LogP contribution in [0.25, 0.3) is 0 Å². The molecule has 0 aliphatic carbocycles. The molecule has 0 unspecified atom stereocenters. The second-order valence-electron chi connectivity index (χ2n) is 9.70. The summed E-state index contributed by atoms with van der Waals surface area (Å²) in [4.78, 5) is 28.4. The summed E-state index contributed by atoms with van der Waals surface area (Å²) in [6.45, 7) is 8.46. The highest BCUT2D eigenvalue weighted by molar-refractivity contribution is 9.10. The molecule has 0 bridgehead atoms. The van der Waals surface area contributed by atoms with Crippen LogP contribution in [0.1, 0.15) is 37.5 Å². The van der Waals surface area contributed by atoms with E-state index in [9.17, 15) is 18.0 Å². The fourth-order valence-electron chi connectivity index (χ4n) is 4.04. The van der Waals surface area contributed by atoms with E-state index in [2.05, 4.69) is 21.2 Å². The average molecular weight is 635 g/mol. The number of benzene rings is 3. The molecule has 1 N–H and O–H groups in total. The van der Waals surface area contributed by atoms with Gasteiger partial charge in [-0.25, -0.2) is 8.42 Å². The molecule has 0 heterocycles. The molecule has 0 fully saturated rings. The quantitative estimate of drug-likeness (QED) is 0.303. The van der Waals surface area contributed by atoms with Gasteiger partial charge in [0.05, 0.1) is 10.6 Å². The van der Waals surface area contributed by atoms with Gasteiger partial charge in [0, 0.05) is 22.1 Å². The number of amides is 2. The minimum Gasteiger partial charge on any atom is -0.352 e. The lowest BCUT2D eigenvalue weighted by atomic mass is 10.1. The number of carbonyl (C=O) groups excluding carboxylic acids is 2. The molecular formula is C29H33BrClN3O4S. The molecule has 0 aliphatic rings. The molecule has 7 nitrogen and oxygen atoms in total. The Morgan fingerprint density at radius 3 is 2.23 bits per heavy atom. The molecular weight excluding hydrogens is 602 g/mol. The van der Waals surface area contributed by atoms with Crippen molar-refractivity contribution in [3.63, 3.8) is 0 Å². The Morgan fingerprint density at radius 2 is 1.62 bits per heavy atom. The number of hydrogen-bond donors (Lipinski definition) is 1. The van der Waals surface area contributed by atoms with E-state index in [0.717, 1.165) is 19.9 Å². The Kier molecular flexibility index (Phi) is 10.2. The SMILES string of the molecule is Cc1ccc(S(=O)(=O)N(CC(=O)N(Cc2cccc(Br)c2)[C@@H](C)C(=O)NC(C)C)c2cccc(Cl)c2C)cc1. The van der Waals surface area contributed by atoms with Gasteiger partial charge >= 0.3 is 0 Å². The van der Waals surface area contributed by atoms with Crippen molar-refractivity contribution in [2.45, 2.75) is 58.1 Å². The number of aryl methyl sites for hydroxylation is 1. The van der Waals surface area contributed by atoms with Crippen LogP contribution in [-0.4, -0.2) is 43.8 Å². The van der Waals surface area contributed by atoms with Crippen LogP contribution in [0.3, 0.4) is 0 Å². The highest BCUT2D eigenvalue weighted by Crippen LogP contribution is 2.31. The first kappa shape index (κ1) is 30.7. The Labute approximate surface area is 244 Å². The summed E-state index contributed by atoms with van der Waals surface area (Å²) < 4.78 is 29.8. The van der Waals surface area contributed by atoms with Crippen molar-refractivity contribution in [2.24, 2.45) is 0 Å². The van der Waals surface area contributed by atoms with Crippen LogP contribution in [0.5, 0.6) is 0 Å². The zero-order valence-corrected chi connectivity index (χ0v) is 25.8. The van der Waals surface area contributed by atoms with Crippen molar-refractivity contribution < 1.29 is 18.0 Å². The first-order valence-corrected chi connectivity index (χ1v) is 15.1. The third-order valence-corrected chi connectivity index (χ3v) is 8.91. The van der Waals surface area contributed by atoms with Crippen LogP contribution in [-0.2, 0) is 26.2 Å². The van der Waals surface area contributed by atoms with Gasteiger partial charge in [0.2, 0.25) is 11.8 Å². The van der Waals surface area contributed by atoms with E-state index in [0.29, 0.717) is 10.6 Å². The second kappa shape index (κ2) is 13.0. The van der Waals surface area contributed by atoms with Crippen LogP contribution in [0.15, 0.2) is 76.1 Å². The third kappa shape index (κ3) is 7.62. The molecule has 39 heavy (non-hydrogen) atoms. The number of nitrogens with one attached hydrogen (secondary N) is 1. The number of anilines is 1. The number of sulfonamides is 1. The minimum atomic E-state index is -4.16. The lowest BCUT2D eigenvalue weighted by Gasteiger charge is -2.33. The highest BCUT2D eigenvalue weighted by Gasteiger charge is 2.33. The number of rotatable bonds is 10. The molecule has 0 spiro atoms. The number of nitrogens with zero attached hydrogens (tertiary/aromatic N) is 2. The van der Waals surface area contributed by atoms with E-state index in [1.165, 1.54) is 17.0 Å². The first-order valence-electron chi connectivity index (χ1n) is 12.5. The Bertz CT molecular complexity index is 1450. The highest BCUT2D eigenvalue weighted by atomic mass is 79.9. The molecule has 0 radical (unpaired) electrons. The predicted octanol–water partition coefficient (Wildman–Crippen LogP) is 5.86. The van der Waals surface area contributed by atoms with Crippen LogP contribution < -0.4 is 9.62 Å². The summed E-state index contributed by atoms with van der Waals surface area (Å²) >= 11 is 9.81. The summed E-state index contributed by atoms with van der Waals surface area (Å²) in [5.74, 6) is -0.864. The monoisotopic (exact) mass is 633 g/mol. The normalized spacial score (nSPS) is 12.2. The largest absolute Gasteiger partial charge is 0.352 e. The molecule has 1 atom stereocenters. The maximum atomic E-state index is 14.0. The summed E-state index contributed by atoms with van der Waals surface area (Å²) in [7, 11) is -4.16. The van der Waals surface area contributed by atoms with Crippen molar-refractivity contribution >= 4 is 55.1 Å². The summed E-state index contributed by atoms with van der Waals surface area (Å²) in [6.07, 6.45) is 0. The van der Waals surface area contributed by atoms with E-state index in [1.807, 2.05) is 45.0 Å². The molecule has 2 amide bonds. The fraction of sp³-hybridized carbons (Fsp3) is 0.310. The topological polar surface area (TPSA) is 86.8 Å². The van der Waals surface area contributed by atoms with Gasteiger partial charge in [-0.1, -0.05) is 63.4 Å². The van der Waals surface area contributed by atoms with Gasteiger partial charge in [-0.2, -0.15) is 0 Å². The van der Waals surface area contributed by atoms with Gasteiger partial charge in [0.1, 0.15) is 12.6 Å². The van der Waals surface area contributed by atoms with Crippen molar-refractivity contribution in [3.8, 4) is 0 Å². The lowest BCUT2D eigenvalue weighted by Crippen LogP contribution is -2.52. The minimum absolute atomic E-state index is 0.0458. The Morgan fingerprint density at radius 1 is 0.974 bits per heavy atom. The van der Waals surface area contributed by atoms with Crippen molar-refractivity contribution in [2.75, 3.05) is 10.8 Å². The van der Waals surface area contributed by atoms with Crippen LogP contribution >= 0.6 is 27.5 Å². The van der Waals surface area contributed by atoms with Gasteiger partial charge in [-0.15, -0.1) is 0 Å². The predicted molar refractivity (Wildman–Crippen MR) is 159 cm³/mol. The van der Waals surface area contributed by atoms with Crippen molar-refractivity contribution in [3.05, 3.63) is 92.9 Å². The van der Waals surface area contributed by atoms with E-state index in [-0.39, 0.29) is 29.1 Å². The molecule has 0 saturated heterocycles. The molecule has 3 aromatic rings. The first-order chi connectivity index (χ1) is 18.3. The Hall–Kier alpha value is -2.88. The molecule has 208 valence electrons. The molecule has 0 saturated carbocycles. The number of carbonyl (C=O) groups is 2. The molecule has 3 rings (SSSR count). The maximum Gasteiger partial charge on any atom is 0.264 e. The summed E-state index contributed by atoms with van der Waals surface area (Å²) in [6, 6.07) is 17.8. The second-order valence-corrected chi connectivity index (χ2v) is 12.9.